The lowest BCUT2D eigenvalue weighted by molar-refractivity contribution is 0.101. The van der Waals surface area contributed by atoms with E-state index in [1.165, 1.54) is 6.92 Å². The summed E-state index contributed by atoms with van der Waals surface area (Å²) in [6.45, 7) is 14.5. The fourth-order valence-electron chi connectivity index (χ4n) is 4.42. The summed E-state index contributed by atoms with van der Waals surface area (Å²) in [5.74, 6) is 0.365. The largest absolute Gasteiger partial charge is 0.503 e. The molecule has 5 N–H and O–H groups in total. The summed E-state index contributed by atoms with van der Waals surface area (Å²) >= 11 is 0. The molecule has 0 bridgehead atoms. The maximum Gasteiger partial charge on any atom is 0.208 e. The van der Waals surface area contributed by atoms with Crippen LogP contribution in [-0.4, -0.2) is 31.3 Å². The number of Topliss-reactive ketones (excluding diaryl/α,β-unsaturated/α-hetero) is 1. The van der Waals surface area contributed by atoms with Gasteiger partial charge in [0.2, 0.25) is 17.2 Å². The summed E-state index contributed by atoms with van der Waals surface area (Å²) in [6.07, 6.45) is 0. The Morgan fingerprint density at radius 3 is 1.58 bits per heavy atom. The third-order valence-electron chi connectivity index (χ3n) is 7.70. The Morgan fingerprint density at radius 2 is 1.13 bits per heavy atom. The molecule has 0 aliphatic heterocycles. The van der Waals surface area contributed by atoms with Crippen molar-refractivity contribution in [3.63, 3.8) is 0 Å². The van der Waals surface area contributed by atoms with Gasteiger partial charge < -0.3 is 25.5 Å². The van der Waals surface area contributed by atoms with Crippen molar-refractivity contribution in [3.05, 3.63) is 39.9 Å². The van der Waals surface area contributed by atoms with E-state index in [0.717, 1.165) is 11.1 Å². The Bertz CT molecular complexity index is 1160. The minimum absolute atomic E-state index is 0.118. The standard InChI is InChI=1S/C25H28O6/c1-12(26)15-11-17-16(23(2,3)25(6,7)24(17,4)5)10-13(15)8-9-14-18(27)20(29)22(31)21(30)19(14)28/h10-11,27-31H,1-7H3. The number of hydrogen-bond donors (Lipinski definition) is 5. The quantitative estimate of drug-likeness (QED) is 0.200. The molecule has 0 saturated heterocycles. The number of hydrogen-bond acceptors (Lipinski definition) is 6. The molecular weight excluding hydrogens is 396 g/mol. The molecule has 164 valence electrons. The SMILES string of the molecule is CC(=O)c1cc2c(cc1C#Cc1c(O)c(O)c(O)c(O)c1O)C(C)(C)C(C)(C)C2(C)C. The van der Waals surface area contributed by atoms with E-state index in [1.807, 2.05) is 12.1 Å². The molecule has 0 unspecified atom stereocenters. The van der Waals surface area contributed by atoms with E-state index in [2.05, 4.69) is 53.4 Å². The van der Waals surface area contributed by atoms with Crippen LogP contribution in [0, 0.1) is 17.3 Å². The fraction of sp³-hybridized carbons (Fsp3) is 0.400. The Kier molecular flexibility index (Phi) is 4.75. The van der Waals surface area contributed by atoms with Crippen molar-refractivity contribution in [2.24, 2.45) is 5.41 Å². The predicted molar refractivity (Wildman–Crippen MR) is 117 cm³/mol. The number of phenolic OH excluding ortho intramolecular Hbond substituents is 5. The molecule has 6 heteroatoms. The molecule has 2 aromatic carbocycles. The molecule has 0 spiro atoms. The van der Waals surface area contributed by atoms with Gasteiger partial charge in [-0.1, -0.05) is 53.4 Å². The van der Waals surface area contributed by atoms with Crippen molar-refractivity contribution < 1.29 is 30.3 Å². The van der Waals surface area contributed by atoms with Crippen LogP contribution in [-0.2, 0) is 10.8 Å². The van der Waals surface area contributed by atoms with Gasteiger partial charge in [0.15, 0.2) is 17.3 Å². The average molecular weight is 424 g/mol. The molecule has 3 rings (SSSR count). The van der Waals surface area contributed by atoms with Crippen LogP contribution in [0.15, 0.2) is 12.1 Å². The van der Waals surface area contributed by atoms with Gasteiger partial charge in [-0.25, -0.2) is 0 Å². The number of rotatable bonds is 1. The molecule has 0 amide bonds. The van der Waals surface area contributed by atoms with Crippen molar-refractivity contribution >= 4 is 5.78 Å². The molecule has 0 aromatic heterocycles. The number of ketones is 1. The summed E-state index contributed by atoms with van der Waals surface area (Å²) in [5, 5.41) is 49.2. The first-order valence-electron chi connectivity index (χ1n) is 9.98. The van der Waals surface area contributed by atoms with Crippen molar-refractivity contribution in [1.29, 1.82) is 0 Å². The summed E-state index contributed by atoms with van der Waals surface area (Å²) in [6, 6.07) is 3.73. The monoisotopic (exact) mass is 424 g/mol. The van der Waals surface area contributed by atoms with Crippen LogP contribution in [0.3, 0.4) is 0 Å². The molecule has 0 fully saturated rings. The van der Waals surface area contributed by atoms with Gasteiger partial charge in [-0.2, -0.15) is 0 Å². The first kappa shape index (κ1) is 22.4. The van der Waals surface area contributed by atoms with Crippen molar-refractivity contribution in [1.82, 2.24) is 0 Å². The number of carbonyl (C=O) groups is 1. The van der Waals surface area contributed by atoms with Crippen LogP contribution in [0.1, 0.15) is 81.1 Å². The minimum Gasteiger partial charge on any atom is -0.503 e. The lowest BCUT2D eigenvalue weighted by Gasteiger charge is -2.44. The van der Waals surface area contributed by atoms with Gasteiger partial charge in [0.05, 0.1) is 0 Å². The molecular formula is C25H28O6. The number of phenols is 5. The zero-order chi connectivity index (χ0) is 23.7. The first-order chi connectivity index (χ1) is 14.1. The Labute approximate surface area is 181 Å². The molecule has 31 heavy (non-hydrogen) atoms. The van der Waals surface area contributed by atoms with Gasteiger partial charge in [-0.3, -0.25) is 4.79 Å². The Morgan fingerprint density at radius 1 is 0.710 bits per heavy atom. The zero-order valence-electron chi connectivity index (χ0n) is 18.8. The molecule has 0 heterocycles. The molecule has 1 aliphatic rings. The normalized spacial score (nSPS) is 17.5. The molecule has 0 atom stereocenters. The summed E-state index contributed by atoms with van der Waals surface area (Å²) < 4.78 is 0. The molecule has 0 radical (unpaired) electrons. The van der Waals surface area contributed by atoms with E-state index in [0.29, 0.717) is 11.1 Å². The van der Waals surface area contributed by atoms with E-state index in [1.54, 1.807) is 0 Å². The zero-order valence-corrected chi connectivity index (χ0v) is 18.8. The summed E-state index contributed by atoms with van der Waals surface area (Å²) in [4.78, 5) is 12.4. The number of carbonyl (C=O) groups excluding carboxylic acids is 1. The Balaban J connectivity index is 2.30. The van der Waals surface area contributed by atoms with Crippen LogP contribution in [0.2, 0.25) is 0 Å². The maximum atomic E-state index is 12.4. The van der Waals surface area contributed by atoms with Crippen LogP contribution in [0.25, 0.3) is 0 Å². The van der Waals surface area contributed by atoms with Crippen LogP contribution >= 0.6 is 0 Å². The van der Waals surface area contributed by atoms with Crippen molar-refractivity contribution in [3.8, 4) is 40.6 Å². The summed E-state index contributed by atoms with van der Waals surface area (Å²) in [5.41, 5.74) is 1.93. The minimum atomic E-state index is -1.05. The number of benzene rings is 2. The topological polar surface area (TPSA) is 118 Å². The smallest absolute Gasteiger partial charge is 0.208 e. The highest BCUT2D eigenvalue weighted by Gasteiger charge is 2.57. The third kappa shape index (κ3) is 2.83. The van der Waals surface area contributed by atoms with Crippen LogP contribution in [0.4, 0.5) is 0 Å². The molecule has 0 saturated carbocycles. The van der Waals surface area contributed by atoms with Gasteiger partial charge in [0.25, 0.3) is 0 Å². The van der Waals surface area contributed by atoms with E-state index in [-0.39, 0.29) is 22.0 Å². The molecule has 2 aromatic rings. The van der Waals surface area contributed by atoms with Gasteiger partial charge in [-0.05, 0) is 46.4 Å². The van der Waals surface area contributed by atoms with E-state index >= 15 is 0 Å². The predicted octanol–water partition coefficient (Wildman–Crippen LogP) is 4.41. The second kappa shape index (κ2) is 6.58. The maximum absolute atomic E-state index is 12.4. The molecule has 1 aliphatic carbocycles. The fourth-order valence-corrected chi connectivity index (χ4v) is 4.42. The number of aromatic hydroxyl groups is 5. The highest BCUT2D eigenvalue weighted by molar-refractivity contribution is 5.97. The van der Waals surface area contributed by atoms with Crippen LogP contribution < -0.4 is 0 Å². The van der Waals surface area contributed by atoms with Gasteiger partial charge >= 0.3 is 0 Å². The lowest BCUT2D eigenvalue weighted by atomic mass is 9.59. The van der Waals surface area contributed by atoms with Gasteiger partial charge in [0.1, 0.15) is 5.56 Å². The first-order valence-corrected chi connectivity index (χ1v) is 9.98. The Hall–Kier alpha value is -3.33. The van der Waals surface area contributed by atoms with Crippen molar-refractivity contribution in [2.45, 2.75) is 59.3 Å². The van der Waals surface area contributed by atoms with Crippen molar-refractivity contribution in [2.75, 3.05) is 0 Å². The van der Waals surface area contributed by atoms with Crippen LogP contribution in [0.5, 0.6) is 28.7 Å². The van der Waals surface area contributed by atoms with Gasteiger partial charge in [0, 0.05) is 11.1 Å². The lowest BCUT2D eigenvalue weighted by Crippen LogP contribution is -2.42. The van der Waals surface area contributed by atoms with Gasteiger partial charge in [-0.15, -0.1) is 0 Å². The second-order valence-corrected chi connectivity index (χ2v) is 9.74. The highest BCUT2D eigenvalue weighted by atomic mass is 16.4. The molecule has 6 nitrogen and oxygen atoms in total. The third-order valence-corrected chi connectivity index (χ3v) is 7.70. The average Bonchev–Trinajstić information content (AvgIpc) is 2.78. The van der Waals surface area contributed by atoms with E-state index in [9.17, 15) is 30.3 Å². The van der Waals surface area contributed by atoms with E-state index < -0.39 is 34.3 Å². The highest BCUT2D eigenvalue weighted by Crippen LogP contribution is 2.61. The van der Waals surface area contributed by atoms with E-state index in [4.69, 9.17) is 0 Å². The second-order valence-electron chi connectivity index (χ2n) is 9.74. The summed E-state index contributed by atoms with van der Waals surface area (Å²) in [7, 11) is 0. The number of fused-ring (bicyclic) bond motifs is 1.